The first-order chi connectivity index (χ1) is 9.74. The van der Waals surface area contributed by atoms with Crippen molar-refractivity contribution in [3.05, 3.63) is 47.3 Å². The van der Waals surface area contributed by atoms with Crippen LogP contribution in [0.15, 0.2) is 30.3 Å². The van der Waals surface area contributed by atoms with E-state index in [0.29, 0.717) is 0 Å². The second-order valence-corrected chi connectivity index (χ2v) is 6.58. The van der Waals surface area contributed by atoms with Crippen LogP contribution < -0.4 is 0 Å². The molecule has 0 N–H and O–H groups in total. The molecule has 0 saturated carbocycles. The van der Waals surface area contributed by atoms with Gasteiger partial charge in [-0.3, -0.25) is 4.90 Å². The first-order valence-electron chi connectivity index (χ1n) is 7.16. The van der Waals surface area contributed by atoms with Gasteiger partial charge in [0.25, 0.3) is 0 Å². The second-order valence-electron chi connectivity index (χ2n) is 5.36. The molecule has 4 heteroatoms. The van der Waals surface area contributed by atoms with Gasteiger partial charge in [0.1, 0.15) is 0 Å². The van der Waals surface area contributed by atoms with E-state index in [9.17, 15) is 0 Å². The summed E-state index contributed by atoms with van der Waals surface area (Å²) in [6, 6.07) is 10.8. The van der Waals surface area contributed by atoms with Crippen molar-refractivity contribution in [3.8, 4) is 5.69 Å². The van der Waals surface area contributed by atoms with Crippen molar-refractivity contribution in [2.24, 2.45) is 0 Å². The van der Waals surface area contributed by atoms with Crippen LogP contribution in [0.3, 0.4) is 0 Å². The lowest BCUT2D eigenvalue weighted by Crippen LogP contribution is -2.32. The molecule has 1 aliphatic rings. The van der Waals surface area contributed by atoms with Crippen LogP contribution in [-0.4, -0.2) is 39.3 Å². The van der Waals surface area contributed by atoms with Gasteiger partial charge in [-0.05, 0) is 31.5 Å². The quantitative estimate of drug-likeness (QED) is 0.866. The van der Waals surface area contributed by atoms with Crippen LogP contribution in [0.4, 0.5) is 0 Å². The molecule has 106 valence electrons. The van der Waals surface area contributed by atoms with Crippen molar-refractivity contribution in [2.45, 2.75) is 20.4 Å². The maximum Gasteiger partial charge on any atom is 0.0693 e. The maximum atomic E-state index is 4.63. The average Bonchev–Trinajstić information content (AvgIpc) is 2.79. The van der Waals surface area contributed by atoms with Crippen molar-refractivity contribution in [2.75, 3.05) is 24.6 Å². The summed E-state index contributed by atoms with van der Waals surface area (Å²) >= 11 is 2.06. The summed E-state index contributed by atoms with van der Waals surface area (Å²) in [5, 5.41) is 4.63. The van der Waals surface area contributed by atoms with Crippen LogP contribution in [0.1, 0.15) is 17.0 Å². The Kier molecular flexibility index (Phi) is 4.13. The molecule has 1 saturated heterocycles. The largest absolute Gasteiger partial charge is 0.297 e. The van der Waals surface area contributed by atoms with Gasteiger partial charge in [0.2, 0.25) is 0 Å². The van der Waals surface area contributed by atoms with Gasteiger partial charge in [-0.15, -0.1) is 0 Å². The smallest absolute Gasteiger partial charge is 0.0693 e. The Hall–Kier alpha value is -1.26. The minimum atomic E-state index is 1.02. The number of para-hydroxylation sites is 1. The Morgan fingerprint density at radius 1 is 1.15 bits per heavy atom. The minimum absolute atomic E-state index is 1.02. The van der Waals surface area contributed by atoms with E-state index >= 15 is 0 Å². The zero-order chi connectivity index (χ0) is 13.9. The number of benzene rings is 1. The van der Waals surface area contributed by atoms with Gasteiger partial charge in [-0.2, -0.15) is 16.9 Å². The highest BCUT2D eigenvalue weighted by molar-refractivity contribution is 7.99. The first kappa shape index (κ1) is 13.7. The lowest BCUT2D eigenvalue weighted by molar-refractivity contribution is 0.294. The molecule has 3 nitrogen and oxygen atoms in total. The van der Waals surface area contributed by atoms with E-state index in [0.717, 1.165) is 12.2 Å². The monoisotopic (exact) mass is 287 g/mol. The number of aromatic nitrogens is 2. The molecule has 0 bridgehead atoms. The molecule has 1 aromatic heterocycles. The van der Waals surface area contributed by atoms with E-state index in [1.54, 1.807) is 0 Å². The fraction of sp³-hybridized carbons (Fsp3) is 0.438. The standard InChI is InChI=1S/C16H21N3S/c1-13-11-14(2)19(17-13)16-6-4-3-5-15(16)12-18-7-9-20-10-8-18/h3-6,11H,7-10,12H2,1-2H3. The van der Waals surface area contributed by atoms with E-state index in [-0.39, 0.29) is 0 Å². The van der Waals surface area contributed by atoms with E-state index in [1.807, 2.05) is 6.92 Å². The topological polar surface area (TPSA) is 21.1 Å². The molecule has 0 atom stereocenters. The van der Waals surface area contributed by atoms with Crippen LogP contribution in [0.5, 0.6) is 0 Å². The summed E-state index contributed by atoms with van der Waals surface area (Å²) in [6.45, 7) is 7.57. The normalized spacial score (nSPS) is 16.5. The third-order valence-electron chi connectivity index (χ3n) is 3.73. The summed E-state index contributed by atoms with van der Waals surface area (Å²) in [7, 11) is 0. The molecule has 2 heterocycles. The predicted octanol–water partition coefficient (Wildman–Crippen LogP) is 3.04. The van der Waals surface area contributed by atoms with E-state index in [1.165, 1.54) is 41.5 Å². The lowest BCUT2D eigenvalue weighted by Gasteiger charge is -2.27. The molecule has 1 fully saturated rings. The van der Waals surface area contributed by atoms with E-state index < -0.39 is 0 Å². The van der Waals surface area contributed by atoms with Crippen molar-refractivity contribution >= 4 is 11.8 Å². The molecule has 1 aromatic carbocycles. The summed E-state index contributed by atoms with van der Waals surface area (Å²) in [5.74, 6) is 2.50. The maximum absolute atomic E-state index is 4.63. The van der Waals surface area contributed by atoms with Crippen molar-refractivity contribution < 1.29 is 0 Å². The first-order valence-corrected chi connectivity index (χ1v) is 8.31. The Morgan fingerprint density at radius 3 is 2.60 bits per heavy atom. The molecular formula is C16H21N3S. The second kappa shape index (κ2) is 6.02. The Balaban J connectivity index is 1.89. The summed E-state index contributed by atoms with van der Waals surface area (Å²) in [6.07, 6.45) is 0. The zero-order valence-electron chi connectivity index (χ0n) is 12.2. The Morgan fingerprint density at radius 2 is 1.90 bits per heavy atom. The molecule has 0 radical (unpaired) electrons. The molecule has 0 unspecified atom stereocenters. The number of rotatable bonds is 3. The number of hydrogen-bond acceptors (Lipinski definition) is 3. The minimum Gasteiger partial charge on any atom is -0.297 e. The number of hydrogen-bond donors (Lipinski definition) is 0. The highest BCUT2D eigenvalue weighted by Crippen LogP contribution is 2.20. The van der Waals surface area contributed by atoms with Gasteiger partial charge >= 0.3 is 0 Å². The molecule has 2 aromatic rings. The summed E-state index contributed by atoms with van der Waals surface area (Å²) in [4.78, 5) is 2.54. The highest BCUT2D eigenvalue weighted by atomic mass is 32.2. The van der Waals surface area contributed by atoms with Crippen LogP contribution >= 0.6 is 11.8 Å². The van der Waals surface area contributed by atoms with Gasteiger partial charge in [-0.1, -0.05) is 18.2 Å². The molecule has 1 aliphatic heterocycles. The predicted molar refractivity (Wildman–Crippen MR) is 85.6 cm³/mol. The fourth-order valence-corrected chi connectivity index (χ4v) is 3.70. The summed E-state index contributed by atoms with van der Waals surface area (Å²) < 4.78 is 2.07. The van der Waals surface area contributed by atoms with Crippen molar-refractivity contribution in [1.29, 1.82) is 0 Å². The average molecular weight is 287 g/mol. The lowest BCUT2D eigenvalue weighted by atomic mass is 10.1. The SMILES string of the molecule is Cc1cc(C)n(-c2ccccc2CN2CCSCC2)n1. The molecule has 0 spiro atoms. The van der Waals surface area contributed by atoms with Gasteiger partial charge in [0, 0.05) is 36.8 Å². The molecular weight excluding hydrogens is 266 g/mol. The van der Waals surface area contributed by atoms with Crippen LogP contribution in [-0.2, 0) is 6.54 Å². The summed E-state index contributed by atoms with van der Waals surface area (Å²) in [5.41, 5.74) is 4.86. The van der Waals surface area contributed by atoms with Gasteiger partial charge in [0.05, 0.1) is 11.4 Å². The fourth-order valence-electron chi connectivity index (χ4n) is 2.72. The van der Waals surface area contributed by atoms with Crippen molar-refractivity contribution in [1.82, 2.24) is 14.7 Å². The molecule has 3 rings (SSSR count). The van der Waals surface area contributed by atoms with E-state index in [4.69, 9.17) is 0 Å². The Labute approximate surface area is 125 Å². The molecule has 20 heavy (non-hydrogen) atoms. The number of thioether (sulfide) groups is 1. The Bertz CT molecular complexity index is 585. The van der Waals surface area contributed by atoms with Gasteiger partial charge < -0.3 is 0 Å². The van der Waals surface area contributed by atoms with Crippen LogP contribution in [0.25, 0.3) is 5.69 Å². The van der Waals surface area contributed by atoms with Crippen LogP contribution in [0, 0.1) is 13.8 Å². The van der Waals surface area contributed by atoms with Crippen LogP contribution in [0.2, 0.25) is 0 Å². The third-order valence-corrected chi connectivity index (χ3v) is 4.67. The third kappa shape index (κ3) is 2.91. The van der Waals surface area contributed by atoms with E-state index in [2.05, 4.69) is 63.7 Å². The van der Waals surface area contributed by atoms with Crippen molar-refractivity contribution in [3.63, 3.8) is 0 Å². The molecule has 0 aliphatic carbocycles. The molecule has 0 amide bonds. The van der Waals surface area contributed by atoms with Gasteiger partial charge in [0.15, 0.2) is 0 Å². The van der Waals surface area contributed by atoms with Gasteiger partial charge in [-0.25, -0.2) is 4.68 Å². The number of nitrogens with zero attached hydrogens (tertiary/aromatic N) is 3. The highest BCUT2D eigenvalue weighted by Gasteiger charge is 2.14. The number of aryl methyl sites for hydroxylation is 2. The zero-order valence-corrected chi connectivity index (χ0v) is 13.0.